The van der Waals surface area contributed by atoms with Gasteiger partial charge in [0.15, 0.2) is 24.1 Å². The van der Waals surface area contributed by atoms with Gasteiger partial charge < -0.3 is 24.8 Å². The van der Waals surface area contributed by atoms with Crippen LogP contribution >= 0.6 is 24.0 Å². The Kier molecular flexibility index (Phi) is 11.3. The van der Waals surface area contributed by atoms with E-state index in [0.29, 0.717) is 37.2 Å². The maximum atomic E-state index is 12.2. The highest BCUT2D eigenvalue weighted by atomic mass is 127. The van der Waals surface area contributed by atoms with Crippen LogP contribution in [-0.4, -0.2) is 39.5 Å². The molecule has 2 rings (SSSR count). The highest BCUT2D eigenvalue weighted by Crippen LogP contribution is 2.28. The molecule has 6 nitrogen and oxygen atoms in total. The van der Waals surface area contributed by atoms with Crippen molar-refractivity contribution in [1.82, 2.24) is 10.6 Å². The average molecular weight is 553 g/mol. The summed E-state index contributed by atoms with van der Waals surface area (Å²) in [6.45, 7) is 2.13. The van der Waals surface area contributed by atoms with Crippen LogP contribution in [0.2, 0.25) is 0 Å². The minimum absolute atomic E-state index is 0. The van der Waals surface area contributed by atoms with Crippen LogP contribution in [-0.2, 0) is 13.1 Å². The number of ether oxygens (including phenoxy) is 3. The van der Waals surface area contributed by atoms with E-state index in [1.807, 2.05) is 25.1 Å². The van der Waals surface area contributed by atoms with Crippen LogP contribution in [0.4, 0.5) is 13.2 Å². The monoisotopic (exact) mass is 553 g/mol. The number of rotatable bonds is 9. The normalized spacial score (nSPS) is 11.4. The van der Waals surface area contributed by atoms with Crippen molar-refractivity contribution in [3.05, 3.63) is 53.6 Å². The summed E-state index contributed by atoms with van der Waals surface area (Å²) >= 11 is 0. The lowest BCUT2D eigenvalue weighted by molar-refractivity contribution is -0.153. The molecule has 31 heavy (non-hydrogen) atoms. The number of nitrogens with one attached hydrogen (secondary N) is 2. The first-order valence-electron chi connectivity index (χ1n) is 9.37. The molecule has 2 N–H and O–H groups in total. The summed E-state index contributed by atoms with van der Waals surface area (Å²) < 4.78 is 52.1. The number of hydrogen-bond donors (Lipinski definition) is 2. The SMILES string of the molecule is CCOc1ccc(CNC(=NC)NCc2ccc(OCC(F)(F)F)cc2)cc1OC.I. The van der Waals surface area contributed by atoms with E-state index in [-0.39, 0.29) is 29.7 Å². The van der Waals surface area contributed by atoms with E-state index in [0.717, 1.165) is 11.1 Å². The first-order chi connectivity index (χ1) is 14.3. The number of benzene rings is 2. The second-order valence-corrected chi connectivity index (χ2v) is 6.25. The molecular weight excluding hydrogens is 526 g/mol. The van der Waals surface area contributed by atoms with E-state index < -0.39 is 12.8 Å². The van der Waals surface area contributed by atoms with E-state index in [4.69, 9.17) is 14.2 Å². The van der Waals surface area contributed by atoms with Gasteiger partial charge in [-0.05, 0) is 42.3 Å². The van der Waals surface area contributed by atoms with Crippen LogP contribution in [0.5, 0.6) is 17.2 Å². The fraction of sp³-hybridized carbons (Fsp3) is 0.381. The molecule has 0 bridgehead atoms. The van der Waals surface area contributed by atoms with Crippen LogP contribution < -0.4 is 24.8 Å². The Morgan fingerprint density at radius 1 is 0.935 bits per heavy atom. The Morgan fingerprint density at radius 3 is 2.10 bits per heavy atom. The van der Waals surface area contributed by atoms with Gasteiger partial charge in [-0.25, -0.2) is 0 Å². The van der Waals surface area contributed by atoms with Gasteiger partial charge >= 0.3 is 6.18 Å². The van der Waals surface area contributed by atoms with Gasteiger partial charge in [0.2, 0.25) is 0 Å². The molecule has 2 aromatic carbocycles. The van der Waals surface area contributed by atoms with E-state index in [9.17, 15) is 13.2 Å². The first kappa shape index (κ1) is 26.7. The van der Waals surface area contributed by atoms with Gasteiger partial charge in [-0.3, -0.25) is 4.99 Å². The number of methoxy groups -OCH3 is 1. The van der Waals surface area contributed by atoms with Gasteiger partial charge in [0.05, 0.1) is 13.7 Å². The predicted molar refractivity (Wildman–Crippen MR) is 125 cm³/mol. The van der Waals surface area contributed by atoms with Crippen LogP contribution in [0.25, 0.3) is 0 Å². The number of halogens is 4. The van der Waals surface area contributed by atoms with Crippen molar-refractivity contribution in [3.63, 3.8) is 0 Å². The molecule has 0 aliphatic carbocycles. The summed E-state index contributed by atoms with van der Waals surface area (Å²) in [5.41, 5.74) is 1.87. The number of alkyl halides is 3. The fourth-order valence-corrected chi connectivity index (χ4v) is 2.56. The Morgan fingerprint density at radius 2 is 1.55 bits per heavy atom. The lowest BCUT2D eigenvalue weighted by Gasteiger charge is -2.14. The van der Waals surface area contributed by atoms with E-state index in [2.05, 4.69) is 15.6 Å². The topological polar surface area (TPSA) is 64.1 Å². The lowest BCUT2D eigenvalue weighted by atomic mass is 10.2. The maximum Gasteiger partial charge on any atom is 0.422 e. The zero-order valence-electron chi connectivity index (χ0n) is 17.6. The highest BCUT2D eigenvalue weighted by molar-refractivity contribution is 14.0. The standard InChI is InChI=1S/C21H26F3N3O3.HI/c1-4-29-18-10-7-16(11-19(18)28-3)13-27-20(25-2)26-12-15-5-8-17(9-6-15)30-14-21(22,23)24;/h5-11H,4,12-14H2,1-3H3,(H2,25,26,27);1H. The van der Waals surface area contributed by atoms with Gasteiger partial charge in [0.25, 0.3) is 0 Å². The number of aliphatic imine (C=N–C) groups is 1. The van der Waals surface area contributed by atoms with Crippen molar-refractivity contribution >= 4 is 29.9 Å². The van der Waals surface area contributed by atoms with Crippen LogP contribution in [0.3, 0.4) is 0 Å². The molecule has 0 fully saturated rings. The van der Waals surface area contributed by atoms with E-state index >= 15 is 0 Å². The minimum Gasteiger partial charge on any atom is -0.493 e. The molecule has 0 amide bonds. The van der Waals surface area contributed by atoms with Crippen LogP contribution in [0.1, 0.15) is 18.1 Å². The van der Waals surface area contributed by atoms with Crippen molar-refractivity contribution in [1.29, 1.82) is 0 Å². The molecule has 0 heterocycles. The van der Waals surface area contributed by atoms with E-state index in [1.165, 1.54) is 12.1 Å². The van der Waals surface area contributed by atoms with Crippen molar-refractivity contribution in [2.45, 2.75) is 26.2 Å². The molecule has 0 aromatic heterocycles. The molecule has 0 atom stereocenters. The molecule has 2 aromatic rings. The zero-order valence-corrected chi connectivity index (χ0v) is 19.9. The summed E-state index contributed by atoms with van der Waals surface area (Å²) in [7, 11) is 3.25. The maximum absolute atomic E-state index is 12.2. The predicted octanol–water partition coefficient (Wildman–Crippen LogP) is 4.52. The quantitative estimate of drug-likeness (QED) is 0.272. The zero-order chi connectivity index (χ0) is 22.0. The second kappa shape index (κ2) is 13.1. The highest BCUT2D eigenvalue weighted by Gasteiger charge is 2.28. The fourth-order valence-electron chi connectivity index (χ4n) is 2.56. The second-order valence-electron chi connectivity index (χ2n) is 6.25. The molecule has 0 spiro atoms. The number of guanidine groups is 1. The summed E-state index contributed by atoms with van der Waals surface area (Å²) in [5.74, 6) is 2.10. The Balaban J connectivity index is 0.00000480. The lowest BCUT2D eigenvalue weighted by Crippen LogP contribution is -2.36. The molecule has 0 aliphatic heterocycles. The molecule has 0 saturated heterocycles. The smallest absolute Gasteiger partial charge is 0.422 e. The number of nitrogens with zero attached hydrogens (tertiary/aromatic N) is 1. The van der Waals surface area contributed by atoms with Gasteiger partial charge in [-0.15, -0.1) is 24.0 Å². The van der Waals surface area contributed by atoms with Gasteiger partial charge in [0, 0.05) is 20.1 Å². The largest absolute Gasteiger partial charge is 0.493 e. The van der Waals surface area contributed by atoms with Gasteiger partial charge in [0.1, 0.15) is 5.75 Å². The summed E-state index contributed by atoms with van der Waals surface area (Å²) in [6, 6.07) is 12.1. The van der Waals surface area contributed by atoms with Crippen LogP contribution in [0.15, 0.2) is 47.5 Å². The summed E-state index contributed by atoms with van der Waals surface area (Å²) in [6.07, 6.45) is -4.36. The molecule has 10 heteroatoms. The Labute approximate surface area is 197 Å². The number of hydrogen-bond acceptors (Lipinski definition) is 4. The Bertz CT molecular complexity index is 831. The molecule has 0 saturated carbocycles. The minimum atomic E-state index is -4.36. The molecule has 0 unspecified atom stereocenters. The van der Waals surface area contributed by atoms with Crippen molar-refractivity contribution in [2.24, 2.45) is 4.99 Å². The van der Waals surface area contributed by atoms with Crippen molar-refractivity contribution in [3.8, 4) is 17.2 Å². The Hall–Kier alpha value is -2.37. The van der Waals surface area contributed by atoms with Gasteiger partial charge in [-0.2, -0.15) is 13.2 Å². The summed E-state index contributed by atoms with van der Waals surface area (Å²) in [5, 5.41) is 6.35. The van der Waals surface area contributed by atoms with Crippen molar-refractivity contribution in [2.75, 3.05) is 27.4 Å². The first-order valence-corrected chi connectivity index (χ1v) is 9.37. The average Bonchev–Trinajstić information content (AvgIpc) is 2.73. The molecule has 172 valence electrons. The van der Waals surface area contributed by atoms with Gasteiger partial charge in [-0.1, -0.05) is 18.2 Å². The molecule has 0 radical (unpaired) electrons. The third kappa shape index (κ3) is 9.53. The third-order valence-electron chi connectivity index (χ3n) is 4.00. The van der Waals surface area contributed by atoms with Crippen LogP contribution in [0, 0.1) is 0 Å². The molecular formula is C21H27F3IN3O3. The van der Waals surface area contributed by atoms with Crippen molar-refractivity contribution < 1.29 is 27.4 Å². The van der Waals surface area contributed by atoms with E-state index in [1.54, 1.807) is 26.3 Å². The molecule has 0 aliphatic rings. The summed E-state index contributed by atoms with van der Waals surface area (Å²) in [4.78, 5) is 4.17. The third-order valence-corrected chi connectivity index (χ3v) is 4.00.